The minimum Gasteiger partial charge on any atom is -0.392 e. The maximum Gasteiger partial charge on any atom is 0.0627 e. The lowest BCUT2D eigenvalue weighted by Crippen LogP contribution is -2.26. The number of unbranched alkanes of at least 4 members (excludes halogenated alkanes) is 1. The molecule has 0 bridgehead atoms. The van der Waals surface area contributed by atoms with Crippen molar-refractivity contribution >= 4 is 11.8 Å². The van der Waals surface area contributed by atoms with Gasteiger partial charge in [0, 0.05) is 11.3 Å². The molecule has 0 aromatic heterocycles. The second kappa shape index (κ2) is 10.4. The van der Waals surface area contributed by atoms with Crippen LogP contribution in [0.2, 0.25) is 0 Å². The molecule has 0 aliphatic rings. The highest BCUT2D eigenvalue weighted by Gasteiger charge is 2.08. The highest BCUT2D eigenvalue weighted by atomic mass is 32.2. The number of hydrogen-bond donors (Lipinski definition) is 2. The smallest absolute Gasteiger partial charge is 0.0627 e. The molecule has 0 aromatic rings. The minimum absolute atomic E-state index is 0.185. The van der Waals surface area contributed by atoms with E-state index >= 15 is 0 Å². The van der Waals surface area contributed by atoms with Crippen LogP contribution in [0.4, 0.5) is 0 Å². The molecule has 2 N–H and O–H groups in total. The number of rotatable bonds is 10. The lowest BCUT2D eigenvalue weighted by Gasteiger charge is -2.15. The normalized spacial score (nSPS) is 17.1. The zero-order valence-electron chi connectivity index (χ0n) is 11.3. The quantitative estimate of drug-likeness (QED) is 0.582. The van der Waals surface area contributed by atoms with E-state index in [1.165, 1.54) is 31.4 Å². The standard InChI is InChI=1S/C13H29NOS/c1-5-9-14-11(2)8-6-7-10-16-13(4)12(3)15/h11-15H,5-10H2,1-4H3. The van der Waals surface area contributed by atoms with Gasteiger partial charge in [0.05, 0.1) is 6.10 Å². The van der Waals surface area contributed by atoms with Crippen molar-refractivity contribution in [1.82, 2.24) is 5.32 Å². The lowest BCUT2D eigenvalue weighted by molar-refractivity contribution is 0.196. The van der Waals surface area contributed by atoms with E-state index in [4.69, 9.17) is 0 Å². The van der Waals surface area contributed by atoms with Crippen LogP contribution in [-0.4, -0.2) is 34.8 Å². The molecule has 0 radical (unpaired) electrons. The van der Waals surface area contributed by atoms with Crippen LogP contribution in [0.5, 0.6) is 0 Å². The molecule has 0 amide bonds. The predicted molar refractivity (Wildman–Crippen MR) is 75.2 cm³/mol. The van der Waals surface area contributed by atoms with Gasteiger partial charge in [-0.1, -0.05) is 20.3 Å². The predicted octanol–water partition coefficient (Wildman–Crippen LogP) is 3.05. The van der Waals surface area contributed by atoms with Crippen LogP contribution in [0.25, 0.3) is 0 Å². The summed E-state index contributed by atoms with van der Waals surface area (Å²) < 4.78 is 0. The fourth-order valence-corrected chi connectivity index (χ4v) is 2.47. The molecule has 3 atom stereocenters. The molecule has 0 heterocycles. The molecule has 0 aliphatic carbocycles. The molecule has 0 rings (SSSR count). The summed E-state index contributed by atoms with van der Waals surface area (Å²) in [4.78, 5) is 0. The van der Waals surface area contributed by atoms with Gasteiger partial charge in [-0.3, -0.25) is 0 Å². The van der Waals surface area contributed by atoms with Crippen LogP contribution in [0, 0.1) is 0 Å². The monoisotopic (exact) mass is 247 g/mol. The average molecular weight is 247 g/mol. The number of thioether (sulfide) groups is 1. The Labute approximate surface area is 106 Å². The molecule has 16 heavy (non-hydrogen) atoms. The molecular formula is C13H29NOS. The van der Waals surface area contributed by atoms with Crippen molar-refractivity contribution in [1.29, 1.82) is 0 Å². The molecule has 0 spiro atoms. The summed E-state index contributed by atoms with van der Waals surface area (Å²) in [6.07, 6.45) is 4.85. The van der Waals surface area contributed by atoms with Crippen molar-refractivity contribution in [2.75, 3.05) is 12.3 Å². The Morgan fingerprint density at radius 3 is 2.44 bits per heavy atom. The van der Waals surface area contributed by atoms with Crippen LogP contribution in [0.3, 0.4) is 0 Å². The Morgan fingerprint density at radius 1 is 1.19 bits per heavy atom. The molecule has 98 valence electrons. The Bertz CT molecular complexity index is 153. The molecule has 3 heteroatoms. The van der Waals surface area contributed by atoms with Gasteiger partial charge in [-0.05, 0) is 45.4 Å². The van der Waals surface area contributed by atoms with E-state index in [9.17, 15) is 5.11 Å². The largest absolute Gasteiger partial charge is 0.392 e. The van der Waals surface area contributed by atoms with Gasteiger partial charge >= 0.3 is 0 Å². The average Bonchev–Trinajstić information content (AvgIpc) is 2.25. The molecule has 0 aliphatic heterocycles. The third kappa shape index (κ3) is 9.49. The van der Waals surface area contributed by atoms with Gasteiger partial charge in [0.2, 0.25) is 0 Å². The van der Waals surface area contributed by atoms with Crippen LogP contribution in [-0.2, 0) is 0 Å². The van der Waals surface area contributed by atoms with E-state index in [1.807, 2.05) is 18.7 Å². The van der Waals surface area contributed by atoms with E-state index in [0.717, 1.165) is 6.54 Å². The Hall–Kier alpha value is 0.270. The van der Waals surface area contributed by atoms with Crippen molar-refractivity contribution in [3.63, 3.8) is 0 Å². The van der Waals surface area contributed by atoms with E-state index in [1.54, 1.807) is 0 Å². The van der Waals surface area contributed by atoms with E-state index in [0.29, 0.717) is 11.3 Å². The van der Waals surface area contributed by atoms with Crippen LogP contribution >= 0.6 is 11.8 Å². The van der Waals surface area contributed by atoms with Crippen LogP contribution in [0.1, 0.15) is 53.4 Å². The summed E-state index contributed by atoms with van der Waals surface area (Å²) in [6.45, 7) is 9.57. The zero-order valence-corrected chi connectivity index (χ0v) is 12.1. The van der Waals surface area contributed by atoms with Gasteiger partial charge in [-0.2, -0.15) is 11.8 Å². The Balaban J connectivity index is 3.26. The Kier molecular flexibility index (Phi) is 10.6. The Morgan fingerprint density at radius 2 is 1.88 bits per heavy atom. The SMILES string of the molecule is CCCNC(C)CCCCSC(C)C(C)O. The van der Waals surface area contributed by atoms with Gasteiger partial charge in [0.25, 0.3) is 0 Å². The zero-order chi connectivity index (χ0) is 12.4. The number of nitrogens with one attached hydrogen (secondary N) is 1. The number of aliphatic hydroxyl groups excluding tert-OH is 1. The van der Waals surface area contributed by atoms with Crippen molar-refractivity contribution in [3.05, 3.63) is 0 Å². The highest BCUT2D eigenvalue weighted by molar-refractivity contribution is 7.99. The topological polar surface area (TPSA) is 32.3 Å². The maximum atomic E-state index is 9.33. The summed E-state index contributed by atoms with van der Waals surface area (Å²) in [5.74, 6) is 1.17. The molecule has 3 unspecified atom stereocenters. The van der Waals surface area contributed by atoms with Crippen molar-refractivity contribution in [2.45, 2.75) is 70.8 Å². The number of hydrogen-bond acceptors (Lipinski definition) is 3. The first-order valence-electron chi connectivity index (χ1n) is 6.61. The van der Waals surface area contributed by atoms with E-state index in [2.05, 4.69) is 26.1 Å². The first-order chi connectivity index (χ1) is 7.57. The summed E-state index contributed by atoms with van der Waals surface area (Å²) in [7, 11) is 0. The van der Waals surface area contributed by atoms with Gasteiger partial charge < -0.3 is 10.4 Å². The van der Waals surface area contributed by atoms with Crippen molar-refractivity contribution in [3.8, 4) is 0 Å². The van der Waals surface area contributed by atoms with Gasteiger partial charge in [-0.25, -0.2) is 0 Å². The molecule has 0 aromatic carbocycles. The van der Waals surface area contributed by atoms with Crippen molar-refractivity contribution < 1.29 is 5.11 Å². The molecule has 0 saturated heterocycles. The summed E-state index contributed by atoms with van der Waals surface area (Å²) >= 11 is 1.88. The number of aliphatic hydroxyl groups is 1. The van der Waals surface area contributed by atoms with Gasteiger partial charge in [0.15, 0.2) is 0 Å². The minimum atomic E-state index is -0.185. The van der Waals surface area contributed by atoms with E-state index < -0.39 is 0 Å². The fraction of sp³-hybridized carbons (Fsp3) is 1.00. The first kappa shape index (κ1) is 16.3. The second-order valence-electron chi connectivity index (χ2n) is 4.67. The van der Waals surface area contributed by atoms with Gasteiger partial charge in [0.1, 0.15) is 0 Å². The fourth-order valence-electron chi connectivity index (χ4n) is 1.45. The first-order valence-corrected chi connectivity index (χ1v) is 7.65. The maximum absolute atomic E-state index is 9.33. The van der Waals surface area contributed by atoms with Crippen molar-refractivity contribution in [2.24, 2.45) is 0 Å². The summed E-state index contributed by atoms with van der Waals surface area (Å²) in [6, 6.07) is 0.652. The lowest BCUT2D eigenvalue weighted by atomic mass is 10.1. The van der Waals surface area contributed by atoms with E-state index in [-0.39, 0.29) is 6.10 Å². The van der Waals surface area contributed by atoms with Crippen LogP contribution in [0.15, 0.2) is 0 Å². The summed E-state index contributed by atoms with van der Waals surface area (Å²) in [5, 5.41) is 13.2. The summed E-state index contributed by atoms with van der Waals surface area (Å²) in [5.41, 5.74) is 0. The highest BCUT2D eigenvalue weighted by Crippen LogP contribution is 2.16. The third-order valence-electron chi connectivity index (χ3n) is 2.83. The van der Waals surface area contributed by atoms with Crippen LogP contribution < -0.4 is 5.32 Å². The molecule has 2 nitrogen and oxygen atoms in total. The second-order valence-corrected chi connectivity index (χ2v) is 6.15. The molecule has 0 fully saturated rings. The molecule has 0 saturated carbocycles. The van der Waals surface area contributed by atoms with Gasteiger partial charge in [-0.15, -0.1) is 0 Å². The molecular weight excluding hydrogens is 218 g/mol. The third-order valence-corrected chi connectivity index (χ3v) is 4.28.